The number of amides is 2. The number of anilines is 2. The van der Waals surface area contributed by atoms with E-state index in [1.54, 1.807) is 0 Å². The van der Waals surface area contributed by atoms with E-state index in [9.17, 15) is 9.59 Å². The highest BCUT2D eigenvalue weighted by Gasteiger charge is 2.20. The van der Waals surface area contributed by atoms with Crippen molar-refractivity contribution >= 4 is 55.9 Å². The monoisotopic (exact) mass is 457 g/mol. The summed E-state index contributed by atoms with van der Waals surface area (Å²) >= 11 is 2.91. The third-order valence-corrected chi connectivity index (χ3v) is 6.73. The van der Waals surface area contributed by atoms with Gasteiger partial charge >= 0.3 is 0 Å². The van der Waals surface area contributed by atoms with Gasteiger partial charge in [0.05, 0.1) is 22.1 Å². The van der Waals surface area contributed by atoms with Gasteiger partial charge in [-0.3, -0.25) is 9.59 Å². The molecule has 2 amide bonds. The number of carbonyl (C=O) groups is 2. The number of thioether (sulfide) groups is 1. The number of thiazole rings is 1. The first-order valence-corrected chi connectivity index (χ1v) is 12.1. The molecule has 0 fully saturated rings. The van der Waals surface area contributed by atoms with Gasteiger partial charge in [-0.25, -0.2) is 4.98 Å². The van der Waals surface area contributed by atoms with E-state index in [0.29, 0.717) is 24.6 Å². The first-order valence-electron chi connectivity index (χ1n) is 10.4. The van der Waals surface area contributed by atoms with Crippen LogP contribution >= 0.6 is 23.1 Å². The molecule has 0 aliphatic heterocycles. The molecule has 1 unspecified atom stereocenters. The van der Waals surface area contributed by atoms with Crippen LogP contribution in [0.4, 0.5) is 10.8 Å². The van der Waals surface area contributed by atoms with Gasteiger partial charge in [-0.2, -0.15) is 0 Å². The molecule has 6 nitrogen and oxygen atoms in total. The minimum Gasteiger partial charge on any atom is -0.494 e. The lowest BCUT2D eigenvalue weighted by Gasteiger charge is -2.14. The molecule has 0 aliphatic carbocycles. The first kappa shape index (κ1) is 23.1. The zero-order valence-corrected chi connectivity index (χ0v) is 19.6. The molecule has 0 bridgehead atoms. The van der Waals surface area contributed by atoms with E-state index in [0.717, 1.165) is 33.0 Å². The molecule has 2 N–H and O–H groups in total. The summed E-state index contributed by atoms with van der Waals surface area (Å²) in [4.78, 5) is 30.2. The summed E-state index contributed by atoms with van der Waals surface area (Å²) in [5.74, 6) is 0.708. The Bertz CT molecular complexity index is 1050. The topological polar surface area (TPSA) is 80.3 Å². The van der Waals surface area contributed by atoms with Crippen LogP contribution in [-0.4, -0.2) is 28.7 Å². The van der Waals surface area contributed by atoms with Crippen LogP contribution in [0.15, 0.2) is 47.4 Å². The number of fused-ring (bicyclic) bond motifs is 1. The minimum absolute atomic E-state index is 0.00207. The van der Waals surface area contributed by atoms with Gasteiger partial charge in [0.2, 0.25) is 11.8 Å². The second-order valence-electron chi connectivity index (χ2n) is 6.91. The predicted octanol–water partition coefficient (Wildman–Crippen LogP) is 5.94. The van der Waals surface area contributed by atoms with Crippen molar-refractivity contribution in [3.63, 3.8) is 0 Å². The molecule has 3 aromatic rings. The van der Waals surface area contributed by atoms with Gasteiger partial charge in [0, 0.05) is 17.0 Å². The molecule has 2 aromatic carbocycles. The Morgan fingerprint density at radius 1 is 1.13 bits per heavy atom. The normalized spacial score (nSPS) is 11.8. The molecule has 0 spiro atoms. The molecular formula is C23H27N3O3S2. The largest absolute Gasteiger partial charge is 0.494 e. The molecule has 0 saturated heterocycles. The fourth-order valence-electron chi connectivity index (χ4n) is 2.98. The van der Waals surface area contributed by atoms with Crippen LogP contribution < -0.4 is 15.4 Å². The summed E-state index contributed by atoms with van der Waals surface area (Å²) in [5, 5.41) is 6.16. The molecule has 0 radical (unpaired) electrons. The Labute approximate surface area is 190 Å². The third-order valence-electron chi connectivity index (χ3n) is 4.44. The second-order valence-corrected chi connectivity index (χ2v) is 9.22. The van der Waals surface area contributed by atoms with Crippen LogP contribution in [0.1, 0.15) is 40.0 Å². The molecule has 1 heterocycles. The van der Waals surface area contributed by atoms with E-state index in [-0.39, 0.29) is 17.1 Å². The van der Waals surface area contributed by atoms with Crippen molar-refractivity contribution in [2.24, 2.45) is 0 Å². The maximum Gasteiger partial charge on any atom is 0.239 e. The Kier molecular flexibility index (Phi) is 8.31. The first-order chi connectivity index (χ1) is 15.0. The zero-order chi connectivity index (χ0) is 22.2. The summed E-state index contributed by atoms with van der Waals surface area (Å²) in [6, 6.07) is 13.3. The highest BCUT2D eigenvalue weighted by Crippen LogP contribution is 2.32. The number of nitrogens with one attached hydrogen (secondary N) is 2. The number of nitrogens with zero attached hydrogens (tertiary/aromatic N) is 1. The van der Waals surface area contributed by atoms with Crippen molar-refractivity contribution in [2.45, 2.75) is 50.2 Å². The number of aromatic nitrogens is 1. The third kappa shape index (κ3) is 6.45. The summed E-state index contributed by atoms with van der Waals surface area (Å²) in [5.41, 5.74) is 1.58. The lowest BCUT2D eigenvalue weighted by atomic mass is 10.3. The molecule has 31 heavy (non-hydrogen) atoms. The van der Waals surface area contributed by atoms with E-state index in [4.69, 9.17) is 4.74 Å². The number of rotatable bonds is 10. The van der Waals surface area contributed by atoms with E-state index < -0.39 is 0 Å². The number of hydrogen-bond donors (Lipinski definition) is 2. The van der Waals surface area contributed by atoms with E-state index in [2.05, 4.69) is 15.6 Å². The molecule has 0 saturated carbocycles. The van der Waals surface area contributed by atoms with Crippen molar-refractivity contribution in [3.05, 3.63) is 42.5 Å². The predicted molar refractivity (Wildman–Crippen MR) is 129 cm³/mol. The summed E-state index contributed by atoms with van der Waals surface area (Å²) in [6.45, 7) is 6.50. The van der Waals surface area contributed by atoms with Gasteiger partial charge in [-0.05, 0) is 56.2 Å². The van der Waals surface area contributed by atoms with Gasteiger partial charge in [-0.15, -0.1) is 11.8 Å². The van der Waals surface area contributed by atoms with Crippen LogP contribution in [0.5, 0.6) is 5.75 Å². The molecule has 0 aliphatic rings. The van der Waals surface area contributed by atoms with Crippen LogP contribution in [0.25, 0.3) is 10.2 Å². The fraction of sp³-hybridized carbons (Fsp3) is 0.348. The number of hydrogen-bond acceptors (Lipinski definition) is 6. The van der Waals surface area contributed by atoms with Crippen LogP contribution in [-0.2, 0) is 9.59 Å². The Morgan fingerprint density at radius 2 is 1.97 bits per heavy atom. The van der Waals surface area contributed by atoms with Crippen molar-refractivity contribution in [2.75, 3.05) is 17.2 Å². The molecular weight excluding hydrogens is 430 g/mol. The van der Waals surface area contributed by atoms with Crippen molar-refractivity contribution in [1.29, 1.82) is 0 Å². The summed E-state index contributed by atoms with van der Waals surface area (Å²) in [6.07, 6.45) is 1.96. The van der Waals surface area contributed by atoms with Crippen molar-refractivity contribution in [3.8, 4) is 5.75 Å². The van der Waals surface area contributed by atoms with Gasteiger partial charge < -0.3 is 15.4 Å². The van der Waals surface area contributed by atoms with Crippen LogP contribution in [0.2, 0.25) is 0 Å². The lowest BCUT2D eigenvalue weighted by Crippen LogP contribution is -2.24. The number of ether oxygens (including phenoxy) is 1. The van der Waals surface area contributed by atoms with Crippen molar-refractivity contribution in [1.82, 2.24) is 4.98 Å². The minimum atomic E-state index is -0.271. The SMILES string of the molecule is CCCC(=O)Nc1cccc(SC(CC)C(=O)Nc2nc3ccc(OCC)cc3s2)c1. The Balaban J connectivity index is 1.66. The van der Waals surface area contributed by atoms with Crippen LogP contribution in [0, 0.1) is 0 Å². The molecule has 3 rings (SSSR count). The van der Waals surface area contributed by atoms with Crippen molar-refractivity contribution < 1.29 is 14.3 Å². The molecule has 1 aromatic heterocycles. The highest BCUT2D eigenvalue weighted by molar-refractivity contribution is 8.00. The Hall–Kier alpha value is -2.58. The molecule has 8 heteroatoms. The van der Waals surface area contributed by atoms with E-state index in [1.807, 2.05) is 63.2 Å². The van der Waals surface area contributed by atoms with Gasteiger partial charge in [0.25, 0.3) is 0 Å². The van der Waals surface area contributed by atoms with Gasteiger partial charge in [0.15, 0.2) is 5.13 Å². The molecule has 1 atom stereocenters. The quantitative estimate of drug-likeness (QED) is 0.368. The van der Waals surface area contributed by atoms with Crippen LogP contribution in [0.3, 0.4) is 0 Å². The molecule has 164 valence electrons. The maximum absolute atomic E-state index is 12.9. The van der Waals surface area contributed by atoms with Gasteiger partial charge in [-0.1, -0.05) is 31.3 Å². The standard InChI is InChI=1S/C23H27N3O3S2/c1-4-8-21(27)24-15-9-7-10-17(13-15)30-19(5-2)22(28)26-23-25-18-12-11-16(29-6-3)14-20(18)31-23/h7,9-14,19H,4-6,8H2,1-3H3,(H,24,27)(H,25,26,28). The van der Waals surface area contributed by atoms with E-state index in [1.165, 1.54) is 23.1 Å². The Morgan fingerprint density at radius 3 is 2.71 bits per heavy atom. The average Bonchev–Trinajstić information content (AvgIpc) is 3.14. The van der Waals surface area contributed by atoms with E-state index >= 15 is 0 Å². The lowest BCUT2D eigenvalue weighted by molar-refractivity contribution is -0.116. The smallest absolute Gasteiger partial charge is 0.239 e. The fourth-order valence-corrected chi connectivity index (χ4v) is 4.90. The second kappa shape index (κ2) is 11.2. The number of benzene rings is 2. The summed E-state index contributed by atoms with van der Waals surface area (Å²) < 4.78 is 6.51. The summed E-state index contributed by atoms with van der Waals surface area (Å²) in [7, 11) is 0. The zero-order valence-electron chi connectivity index (χ0n) is 17.9. The van der Waals surface area contributed by atoms with Gasteiger partial charge in [0.1, 0.15) is 5.75 Å². The maximum atomic E-state index is 12.9. The number of carbonyl (C=O) groups excluding carboxylic acids is 2. The average molecular weight is 458 g/mol. The highest BCUT2D eigenvalue weighted by atomic mass is 32.2.